The van der Waals surface area contributed by atoms with Crippen molar-refractivity contribution < 1.29 is 0 Å². The Hall–Kier alpha value is -0.180. The van der Waals surface area contributed by atoms with Crippen LogP contribution >= 0.6 is 11.8 Å². The molecule has 3 heteroatoms. The number of nitrogens with one attached hydrogen (secondary N) is 1. The third kappa shape index (κ3) is 5.02. The number of nitrogens with zero attached hydrogens (tertiary/aromatic N) is 1. The zero-order valence-electron chi connectivity index (χ0n) is 12.7. The van der Waals surface area contributed by atoms with Gasteiger partial charge in [0.15, 0.2) is 5.17 Å². The minimum absolute atomic E-state index is 0.431. The summed E-state index contributed by atoms with van der Waals surface area (Å²) in [7, 11) is 0. The van der Waals surface area contributed by atoms with Crippen molar-refractivity contribution in [2.24, 2.45) is 10.9 Å². The van der Waals surface area contributed by atoms with Crippen LogP contribution in [0, 0.1) is 5.92 Å². The molecule has 1 N–H and O–H groups in total. The Bertz CT molecular complexity index is 293. The molecule has 0 aromatic heterocycles. The Labute approximate surface area is 123 Å². The molecule has 2 aliphatic rings. The third-order valence-electron chi connectivity index (χ3n) is 4.36. The fourth-order valence-electron chi connectivity index (χ4n) is 3.11. The summed E-state index contributed by atoms with van der Waals surface area (Å²) in [6.07, 6.45) is 12.3. The number of hydrogen-bond acceptors (Lipinski definition) is 2. The molecule has 0 aromatic carbocycles. The number of rotatable bonds is 7. The molecule has 1 spiro atoms. The summed E-state index contributed by atoms with van der Waals surface area (Å²) in [4.78, 5) is 4.74. The van der Waals surface area contributed by atoms with E-state index in [1.807, 2.05) is 11.8 Å². The Morgan fingerprint density at radius 2 is 1.89 bits per heavy atom. The van der Waals surface area contributed by atoms with Gasteiger partial charge in [0.05, 0.1) is 0 Å². The van der Waals surface area contributed by atoms with E-state index in [0.29, 0.717) is 5.54 Å². The lowest BCUT2D eigenvalue weighted by Gasteiger charge is -2.21. The van der Waals surface area contributed by atoms with E-state index in [4.69, 9.17) is 4.99 Å². The predicted octanol–water partition coefficient (Wildman–Crippen LogP) is 4.60. The highest BCUT2D eigenvalue weighted by molar-refractivity contribution is 8.14. The maximum Gasteiger partial charge on any atom is 0.157 e. The van der Waals surface area contributed by atoms with E-state index in [2.05, 4.69) is 19.2 Å². The van der Waals surface area contributed by atoms with Crippen molar-refractivity contribution in [1.82, 2.24) is 5.32 Å². The van der Waals surface area contributed by atoms with Crippen LogP contribution in [0.15, 0.2) is 4.99 Å². The van der Waals surface area contributed by atoms with Crippen molar-refractivity contribution in [3.63, 3.8) is 0 Å². The first kappa shape index (κ1) is 15.2. The Kier molecular flexibility index (Phi) is 6.06. The molecule has 0 radical (unpaired) electrons. The molecule has 1 aliphatic heterocycles. The van der Waals surface area contributed by atoms with Crippen LogP contribution in [0.5, 0.6) is 0 Å². The molecular weight excluding hydrogens is 252 g/mol. The van der Waals surface area contributed by atoms with Crippen molar-refractivity contribution >= 4 is 16.9 Å². The van der Waals surface area contributed by atoms with E-state index in [1.165, 1.54) is 68.7 Å². The van der Waals surface area contributed by atoms with E-state index in [1.54, 1.807) is 0 Å². The zero-order valence-corrected chi connectivity index (χ0v) is 13.5. The summed E-state index contributed by atoms with van der Waals surface area (Å²) >= 11 is 1.95. The van der Waals surface area contributed by atoms with Crippen LogP contribution < -0.4 is 5.32 Å². The molecule has 110 valence electrons. The highest BCUT2D eigenvalue weighted by atomic mass is 32.2. The van der Waals surface area contributed by atoms with Crippen LogP contribution in [-0.4, -0.2) is 23.0 Å². The van der Waals surface area contributed by atoms with E-state index in [9.17, 15) is 0 Å². The standard InChI is InChI=1S/C16H30N2S/c1-14(2)9-5-3-4-8-12-17-15-18-16(13-19-15)10-6-7-11-16/h14H,3-13H2,1-2H3,(H,17,18). The molecule has 1 saturated heterocycles. The molecule has 0 unspecified atom stereocenters. The van der Waals surface area contributed by atoms with Crippen molar-refractivity contribution in [2.75, 3.05) is 12.3 Å². The quantitative estimate of drug-likeness (QED) is 0.690. The molecule has 19 heavy (non-hydrogen) atoms. The summed E-state index contributed by atoms with van der Waals surface area (Å²) in [5, 5.41) is 4.92. The Morgan fingerprint density at radius 3 is 2.63 bits per heavy atom. The van der Waals surface area contributed by atoms with Crippen LogP contribution in [0.3, 0.4) is 0 Å². The maximum atomic E-state index is 4.74. The summed E-state index contributed by atoms with van der Waals surface area (Å²) in [5.74, 6) is 2.11. The summed E-state index contributed by atoms with van der Waals surface area (Å²) in [6, 6.07) is 0. The molecule has 2 nitrogen and oxygen atoms in total. The zero-order chi connectivity index (χ0) is 13.6. The van der Waals surface area contributed by atoms with Gasteiger partial charge in [0.2, 0.25) is 0 Å². The smallest absolute Gasteiger partial charge is 0.157 e. The monoisotopic (exact) mass is 282 g/mol. The fraction of sp³-hybridized carbons (Fsp3) is 0.938. The number of thioether (sulfide) groups is 1. The van der Waals surface area contributed by atoms with Gasteiger partial charge >= 0.3 is 0 Å². The summed E-state index contributed by atoms with van der Waals surface area (Å²) in [6.45, 7) is 5.65. The van der Waals surface area contributed by atoms with E-state index in [0.717, 1.165) is 12.5 Å². The van der Waals surface area contributed by atoms with Gasteiger partial charge in [0.25, 0.3) is 0 Å². The minimum Gasteiger partial charge on any atom is -0.359 e. The number of amidine groups is 1. The average molecular weight is 282 g/mol. The molecule has 0 amide bonds. The van der Waals surface area contributed by atoms with Gasteiger partial charge in [-0.15, -0.1) is 0 Å². The van der Waals surface area contributed by atoms with Gasteiger partial charge in [-0.3, -0.25) is 4.99 Å². The molecule has 2 rings (SSSR count). The summed E-state index contributed by atoms with van der Waals surface area (Å²) < 4.78 is 0. The van der Waals surface area contributed by atoms with Crippen LogP contribution in [0.25, 0.3) is 0 Å². The van der Waals surface area contributed by atoms with Gasteiger partial charge in [0, 0.05) is 17.8 Å². The predicted molar refractivity (Wildman–Crippen MR) is 87.0 cm³/mol. The lowest BCUT2D eigenvalue weighted by molar-refractivity contribution is 0.452. The van der Waals surface area contributed by atoms with Gasteiger partial charge in [-0.05, 0) is 25.2 Å². The number of aliphatic imine (C=N–C) groups is 1. The normalized spacial score (nSPS) is 23.6. The topological polar surface area (TPSA) is 24.4 Å². The first-order chi connectivity index (χ1) is 9.20. The molecule has 2 fully saturated rings. The van der Waals surface area contributed by atoms with Crippen molar-refractivity contribution in [3.8, 4) is 0 Å². The highest BCUT2D eigenvalue weighted by Crippen LogP contribution is 2.37. The Balaban J connectivity index is 1.54. The van der Waals surface area contributed by atoms with Gasteiger partial charge in [-0.2, -0.15) is 0 Å². The second-order valence-corrected chi connectivity index (χ2v) is 7.65. The maximum absolute atomic E-state index is 4.74. The van der Waals surface area contributed by atoms with Crippen molar-refractivity contribution in [2.45, 2.75) is 77.2 Å². The summed E-state index contributed by atoms with van der Waals surface area (Å²) in [5.41, 5.74) is 0.431. The molecule has 1 heterocycles. The minimum atomic E-state index is 0.431. The fourth-order valence-corrected chi connectivity index (χ4v) is 4.36. The number of hydrogen-bond donors (Lipinski definition) is 1. The van der Waals surface area contributed by atoms with E-state index < -0.39 is 0 Å². The Morgan fingerprint density at radius 1 is 1.16 bits per heavy atom. The van der Waals surface area contributed by atoms with Crippen molar-refractivity contribution in [3.05, 3.63) is 0 Å². The lowest BCUT2D eigenvalue weighted by Crippen LogP contribution is -2.40. The average Bonchev–Trinajstić information content (AvgIpc) is 2.99. The van der Waals surface area contributed by atoms with E-state index in [-0.39, 0.29) is 0 Å². The molecule has 0 aromatic rings. The molecular formula is C16H30N2S. The van der Waals surface area contributed by atoms with Gasteiger partial charge in [-0.25, -0.2) is 0 Å². The first-order valence-electron chi connectivity index (χ1n) is 8.16. The number of unbranched alkanes of at least 4 members (excludes halogenated alkanes) is 3. The third-order valence-corrected chi connectivity index (χ3v) is 5.56. The molecule has 0 bridgehead atoms. The highest BCUT2D eigenvalue weighted by Gasteiger charge is 2.39. The largest absolute Gasteiger partial charge is 0.359 e. The van der Waals surface area contributed by atoms with E-state index >= 15 is 0 Å². The van der Waals surface area contributed by atoms with Gasteiger partial charge in [-0.1, -0.05) is 64.1 Å². The SMILES string of the molecule is CC(C)CCCCCCN=C1NC2(CCCC2)CS1. The van der Waals surface area contributed by atoms with Crippen molar-refractivity contribution in [1.29, 1.82) is 0 Å². The van der Waals surface area contributed by atoms with Crippen LogP contribution in [0.1, 0.15) is 71.6 Å². The van der Waals surface area contributed by atoms with Crippen LogP contribution in [0.4, 0.5) is 0 Å². The van der Waals surface area contributed by atoms with Gasteiger partial charge < -0.3 is 5.32 Å². The second kappa shape index (κ2) is 7.56. The molecule has 0 atom stereocenters. The van der Waals surface area contributed by atoms with Crippen LogP contribution in [-0.2, 0) is 0 Å². The van der Waals surface area contributed by atoms with Crippen LogP contribution in [0.2, 0.25) is 0 Å². The molecule has 1 aliphatic carbocycles. The lowest BCUT2D eigenvalue weighted by atomic mass is 10.0. The second-order valence-electron chi connectivity index (χ2n) is 6.68. The molecule has 1 saturated carbocycles. The van der Waals surface area contributed by atoms with Gasteiger partial charge in [0.1, 0.15) is 0 Å². The first-order valence-corrected chi connectivity index (χ1v) is 9.14.